The average molecular weight is 425 g/mol. The van der Waals surface area contributed by atoms with E-state index < -0.39 is 0 Å². The largest absolute Gasteiger partial charge is 0.362 e. The van der Waals surface area contributed by atoms with Crippen molar-refractivity contribution in [1.82, 2.24) is 14.7 Å². The van der Waals surface area contributed by atoms with Crippen molar-refractivity contribution in [3.05, 3.63) is 76.4 Å². The van der Waals surface area contributed by atoms with Gasteiger partial charge in [-0.05, 0) is 30.7 Å². The van der Waals surface area contributed by atoms with Crippen LogP contribution in [0.4, 0.5) is 5.82 Å². The fourth-order valence-corrected chi connectivity index (χ4v) is 3.74. The molecule has 0 atom stereocenters. The molecule has 2 aromatic carbocycles. The van der Waals surface area contributed by atoms with Crippen molar-refractivity contribution in [2.75, 3.05) is 19.0 Å². The molecular weight excluding hydrogens is 396 g/mol. The molecule has 0 bridgehead atoms. The van der Waals surface area contributed by atoms with E-state index in [9.17, 15) is 4.79 Å². The highest BCUT2D eigenvalue weighted by atomic mass is 35.5. The van der Waals surface area contributed by atoms with Crippen LogP contribution in [-0.4, -0.2) is 34.7 Å². The molecule has 0 aliphatic carbocycles. The lowest BCUT2D eigenvalue weighted by molar-refractivity contribution is -0.135. The number of carbonyl (C=O) groups excluding carboxylic acids is 1. The van der Waals surface area contributed by atoms with Crippen molar-refractivity contribution < 1.29 is 4.79 Å². The minimum Gasteiger partial charge on any atom is -0.362 e. The second-order valence-electron chi connectivity index (χ2n) is 8.01. The average Bonchev–Trinajstić information content (AvgIpc) is 3.04. The van der Waals surface area contributed by atoms with E-state index in [0.717, 1.165) is 28.3 Å². The number of aryl methyl sites for hydroxylation is 1. The number of anilines is 1. The molecule has 0 fully saturated rings. The predicted molar refractivity (Wildman–Crippen MR) is 123 cm³/mol. The van der Waals surface area contributed by atoms with Crippen LogP contribution < -0.4 is 4.90 Å². The highest BCUT2D eigenvalue weighted by Gasteiger charge is 2.24. The Hall–Kier alpha value is -2.79. The lowest BCUT2D eigenvalue weighted by atomic mass is 10.1. The molecule has 5 nitrogen and oxygen atoms in total. The van der Waals surface area contributed by atoms with E-state index in [1.165, 1.54) is 0 Å². The van der Waals surface area contributed by atoms with Gasteiger partial charge in [-0.25, -0.2) is 4.68 Å². The molecule has 0 unspecified atom stereocenters. The summed E-state index contributed by atoms with van der Waals surface area (Å²) < 4.78 is 1.90. The van der Waals surface area contributed by atoms with Gasteiger partial charge in [-0.3, -0.25) is 4.79 Å². The Morgan fingerprint density at radius 2 is 1.77 bits per heavy atom. The summed E-state index contributed by atoms with van der Waals surface area (Å²) in [5.41, 5.74) is 3.93. The van der Waals surface area contributed by atoms with Gasteiger partial charge in [-0.15, -0.1) is 0 Å². The van der Waals surface area contributed by atoms with E-state index in [0.29, 0.717) is 18.1 Å². The van der Waals surface area contributed by atoms with Crippen molar-refractivity contribution in [2.45, 2.75) is 33.9 Å². The second-order valence-corrected chi connectivity index (χ2v) is 8.44. The molecule has 0 radical (unpaired) electrons. The molecule has 0 saturated heterocycles. The van der Waals surface area contributed by atoms with Crippen LogP contribution in [0.3, 0.4) is 0 Å². The van der Waals surface area contributed by atoms with Gasteiger partial charge in [-0.1, -0.05) is 61.8 Å². The van der Waals surface area contributed by atoms with Crippen molar-refractivity contribution in [3.8, 4) is 5.69 Å². The SMILES string of the molecule is Cc1nn(-c2cccc(Cl)c2)c(N(C)C)c1CN(Cc1ccccc1)C(=O)C(C)C. The minimum absolute atomic E-state index is 0.0835. The van der Waals surface area contributed by atoms with Crippen LogP contribution in [0.15, 0.2) is 54.6 Å². The Morgan fingerprint density at radius 3 is 2.37 bits per heavy atom. The minimum atomic E-state index is -0.0835. The third-order valence-electron chi connectivity index (χ3n) is 5.00. The number of halogens is 1. The maximum atomic E-state index is 13.0. The zero-order chi connectivity index (χ0) is 21.8. The topological polar surface area (TPSA) is 41.4 Å². The third kappa shape index (κ3) is 4.85. The standard InChI is InChI=1S/C24H29ClN4O/c1-17(2)24(30)28(15-19-10-7-6-8-11-19)16-22-18(3)26-29(23(22)27(4)5)21-13-9-12-20(25)14-21/h6-14,17H,15-16H2,1-5H3. The second kappa shape index (κ2) is 9.35. The van der Waals surface area contributed by atoms with Gasteiger partial charge in [0.25, 0.3) is 0 Å². The molecule has 1 heterocycles. The molecular formula is C24H29ClN4O. The lowest BCUT2D eigenvalue weighted by Crippen LogP contribution is -2.34. The van der Waals surface area contributed by atoms with Crippen molar-refractivity contribution >= 4 is 23.3 Å². The van der Waals surface area contributed by atoms with Crippen LogP contribution in [0.25, 0.3) is 5.69 Å². The van der Waals surface area contributed by atoms with E-state index in [2.05, 4.69) is 12.1 Å². The van der Waals surface area contributed by atoms with Crippen LogP contribution in [-0.2, 0) is 17.9 Å². The zero-order valence-corrected chi connectivity index (χ0v) is 19.0. The summed E-state index contributed by atoms with van der Waals surface area (Å²) in [7, 11) is 3.99. The zero-order valence-electron chi connectivity index (χ0n) is 18.3. The number of carbonyl (C=O) groups is 1. The molecule has 6 heteroatoms. The lowest BCUT2D eigenvalue weighted by Gasteiger charge is -2.26. The molecule has 0 aliphatic rings. The maximum Gasteiger partial charge on any atom is 0.225 e. The quantitative estimate of drug-likeness (QED) is 0.530. The molecule has 0 N–H and O–H groups in total. The normalized spacial score (nSPS) is 11.0. The van der Waals surface area contributed by atoms with E-state index in [1.807, 2.05) is 91.8 Å². The van der Waals surface area contributed by atoms with Crippen LogP contribution in [0.5, 0.6) is 0 Å². The van der Waals surface area contributed by atoms with Gasteiger partial charge in [-0.2, -0.15) is 5.10 Å². The number of aromatic nitrogens is 2. The van der Waals surface area contributed by atoms with Gasteiger partial charge in [0.15, 0.2) is 0 Å². The first-order valence-corrected chi connectivity index (χ1v) is 10.5. The van der Waals surface area contributed by atoms with Crippen molar-refractivity contribution in [3.63, 3.8) is 0 Å². The van der Waals surface area contributed by atoms with Crippen LogP contribution in [0, 0.1) is 12.8 Å². The fraction of sp³-hybridized carbons (Fsp3) is 0.333. The number of hydrogen-bond donors (Lipinski definition) is 0. The number of nitrogens with zero attached hydrogens (tertiary/aromatic N) is 4. The summed E-state index contributed by atoms with van der Waals surface area (Å²) in [5, 5.41) is 5.45. The Labute approximate surface area is 183 Å². The molecule has 0 spiro atoms. The molecule has 0 aliphatic heterocycles. The monoisotopic (exact) mass is 424 g/mol. The van der Waals surface area contributed by atoms with Crippen LogP contribution >= 0.6 is 11.6 Å². The summed E-state index contributed by atoms with van der Waals surface area (Å²) in [6.07, 6.45) is 0. The summed E-state index contributed by atoms with van der Waals surface area (Å²) in [4.78, 5) is 17.0. The van der Waals surface area contributed by atoms with Gasteiger partial charge in [0.2, 0.25) is 5.91 Å². The first kappa shape index (κ1) is 21.9. The van der Waals surface area contributed by atoms with Gasteiger partial charge in [0.05, 0.1) is 17.9 Å². The Balaban J connectivity index is 2.03. The summed E-state index contributed by atoms with van der Waals surface area (Å²) >= 11 is 6.22. The van der Waals surface area contributed by atoms with E-state index >= 15 is 0 Å². The summed E-state index contributed by atoms with van der Waals surface area (Å²) in [6.45, 7) is 6.92. The third-order valence-corrected chi connectivity index (χ3v) is 5.24. The molecule has 0 saturated carbocycles. The van der Waals surface area contributed by atoms with E-state index in [-0.39, 0.29) is 11.8 Å². The van der Waals surface area contributed by atoms with Crippen molar-refractivity contribution in [2.24, 2.45) is 5.92 Å². The van der Waals surface area contributed by atoms with Gasteiger partial charge < -0.3 is 9.80 Å². The maximum absolute atomic E-state index is 13.0. The fourth-order valence-electron chi connectivity index (χ4n) is 3.55. The number of rotatable bonds is 7. The molecule has 3 aromatic rings. The summed E-state index contributed by atoms with van der Waals surface area (Å²) in [6, 6.07) is 17.7. The Morgan fingerprint density at radius 1 is 1.07 bits per heavy atom. The molecule has 158 valence electrons. The molecule has 30 heavy (non-hydrogen) atoms. The first-order chi connectivity index (χ1) is 14.3. The number of hydrogen-bond acceptors (Lipinski definition) is 3. The summed E-state index contributed by atoms with van der Waals surface area (Å²) in [5.74, 6) is 0.989. The Bertz CT molecular complexity index is 1010. The highest BCUT2D eigenvalue weighted by Crippen LogP contribution is 2.29. The van der Waals surface area contributed by atoms with Crippen molar-refractivity contribution in [1.29, 1.82) is 0 Å². The van der Waals surface area contributed by atoms with Crippen LogP contribution in [0.1, 0.15) is 30.7 Å². The molecule has 3 rings (SSSR count). The highest BCUT2D eigenvalue weighted by molar-refractivity contribution is 6.30. The Kier molecular flexibility index (Phi) is 6.83. The van der Waals surface area contributed by atoms with Crippen LogP contribution in [0.2, 0.25) is 5.02 Å². The number of benzene rings is 2. The molecule has 1 aromatic heterocycles. The van der Waals surface area contributed by atoms with Gasteiger partial charge in [0.1, 0.15) is 5.82 Å². The van der Waals surface area contributed by atoms with Gasteiger partial charge >= 0.3 is 0 Å². The number of amides is 1. The molecule has 1 amide bonds. The smallest absolute Gasteiger partial charge is 0.225 e. The van der Waals surface area contributed by atoms with E-state index in [1.54, 1.807) is 0 Å². The predicted octanol–water partition coefficient (Wildman–Crippen LogP) is 5.08. The first-order valence-electron chi connectivity index (χ1n) is 10.1. The van der Waals surface area contributed by atoms with Gasteiger partial charge in [0, 0.05) is 37.1 Å². The van der Waals surface area contributed by atoms with E-state index in [4.69, 9.17) is 16.7 Å².